The van der Waals surface area contributed by atoms with Crippen LogP contribution >= 0.6 is 50.5 Å². The van der Waals surface area contributed by atoms with Gasteiger partial charge in [0.05, 0.1) is 9.85 Å². The molecule has 0 aliphatic carbocycles. The Bertz CT molecular complexity index is 736. The quantitative estimate of drug-likeness (QED) is 0.440. The highest BCUT2D eigenvalue weighted by atomic mass is 79.9. The minimum Gasteiger partial charge on any atom is -0.146 e. The zero-order valence-corrected chi connectivity index (χ0v) is 13.7. The fraction of sp³-hybridized carbons (Fsp3) is 0.0667. The third-order valence-corrected chi connectivity index (χ3v) is 6.06. The molecule has 3 rings (SSSR count). The van der Waals surface area contributed by atoms with E-state index in [0.29, 0.717) is 0 Å². The van der Waals surface area contributed by atoms with Crippen molar-refractivity contribution in [3.05, 3.63) is 68.3 Å². The molecule has 0 saturated carbocycles. The van der Waals surface area contributed by atoms with E-state index in [2.05, 4.69) is 28.1 Å². The summed E-state index contributed by atoms with van der Waals surface area (Å²) < 4.78 is 0. The number of hydrogen-bond donors (Lipinski definition) is 0. The Labute approximate surface area is 134 Å². The second-order valence-electron chi connectivity index (χ2n) is 4.18. The number of hydrogen-bond acceptors (Lipinski definition) is 1. The molecule has 0 spiro atoms. The average Bonchev–Trinajstić information content (AvgIpc) is 2.85. The van der Waals surface area contributed by atoms with Gasteiger partial charge in [0.25, 0.3) is 0 Å². The normalized spacial score (nSPS) is 12.8. The van der Waals surface area contributed by atoms with E-state index in [1.807, 2.05) is 35.7 Å². The van der Waals surface area contributed by atoms with E-state index >= 15 is 0 Å². The van der Waals surface area contributed by atoms with Crippen molar-refractivity contribution >= 4 is 61.2 Å². The van der Waals surface area contributed by atoms with Gasteiger partial charge in [0.15, 0.2) is 0 Å². The van der Waals surface area contributed by atoms with E-state index in [1.165, 1.54) is 5.56 Å². The summed E-state index contributed by atoms with van der Waals surface area (Å²) >= 11 is 17.9. The third kappa shape index (κ3) is 2.43. The van der Waals surface area contributed by atoms with Crippen LogP contribution in [0.4, 0.5) is 0 Å². The van der Waals surface area contributed by atoms with E-state index in [1.54, 1.807) is 11.3 Å². The first kappa shape index (κ1) is 13.4. The van der Waals surface area contributed by atoms with Crippen molar-refractivity contribution < 1.29 is 0 Å². The highest BCUT2D eigenvalue weighted by molar-refractivity contribution is 9.09. The van der Waals surface area contributed by atoms with Crippen molar-refractivity contribution in [2.24, 2.45) is 0 Å². The third-order valence-electron chi connectivity index (χ3n) is 3.05. The second-order valence-corrected chi connectivity index (χ2v) is 6.86. The molecule has 0 aliphatic heterocycles. The molecule has 1 atom stereocenters. The van der Waals surface area contributed by atoms with Crippen molar-refractivity contribution in [2.75, 3.05) is 0 Å². The highest BCUT2D eigenvalue weighted by Gasteiger charge is 2.18. The predicted octanol–water partition coefficient (Wildman–Crippen LogP) is 6.69. The first-order valence-corrected chi connectivity index (χ1v) is 8.27. The summed E-state index contributed by atoms with van der Waals surface area (Å²) in [6.07, 6.45) is 0. The largest absolute Gasteiger partial charge is 0.146 e. The molecule has 2 aromatic carbocycles. The van der Waals surface area contributed by atoms with Crippen molar-refractivity contribution in [1.29, 1.82) is 0 Å². The lowest BCUT2D eigenvalue weighted by Crippen LogP contribution is -1.92. The van der Waals surface area contributed by atoms with Gasteiger partial charge in [-0.25, -0.2) is 0 Å². The molecule has 0 saturated heterocycles. The number of fused-ring (bicyclic) bond motifs is 1. The van der Waals surface area contributed by atoms with Gasteiger partial charge in [-0.2, -0.15) is 0 Å². The lowest BCUT2D eigenvalue weighted by Gasteiger charge is -2.13. The Morgan fingerprint density at radius 1 is 0.895 bits per heavy atom. The number of thiophene rings is 1. The maximum absolute atomic E-state index is 6.25. The molecule has 96 valence electrons. The fourth-order valence-corrected chi connectivity index (χ4v) is 4.62. The van der Waals surface area contributed by atoms with Crippen LogP contribution in [0.25, 0.3) is 10.8 Å². The van der Waals surface area contributed by atoms with Crippen LogP contribution in [-0.2, 0) is 0 Å². The Hall–Kier alpha value is -0.540. The summed E-state index contributed by atoms with van der Waals surface area (Å²) in [7, 11) is 0. The lowest BCUT2D eigenvalue weighted by molar-refractivity contribution is 1.25. The molecule has 1 unspecified atom stereocenters. The van der Waals surface area contributed by atoms with Gasteiger partial charge in [-0.15, -0.1) is 11.3 Å². The van der Waals surface area contributed by atoms with Gasteiger partial charge in [0, 0.05) is 15.3 Å². The standard InChI is InChI=1S/C15H9BrCl2S/c16-14(15-13(18)7-8-19-15)11-5-6-12(17)10-4-2-1-3-9(10)11/h1-8,14H. The van der Waals surface area contributed by atoms with Gasteiger partial charge in [0.2, 0.25) is 0 Å². The molecule has 0 fully saturated rings. The number of rotatable bonds is 2. The van der Waals surface area contributed by atoms with Crippen LogP contribution in [0.3, 0.4) is 0 Å². The summed E-state index contributed by atoms with van der Waals surface area (Å²) in [6.45, 7) is 0. The lowest BCUT2D eigenvalue weighted by atomic mass is 10.0. The average molecular weight is 372 g/mol. The van der Waals surface area contributed by atoms with E-state index in [9.17, 15) is 0 Å². The molecule has 19 heavy (non-hydrogen) atoms. The molecule has 0 aliphatic rings. The minimum absolute atomic E-state index is 0.0853. The van der Waals surface area contributed by atoms with Gasteiger partial charge in [-0.3, -0.25) is 0 Å². The summed E-state index contributed by atoms with van der Waals surface area (Å²) in [6, 6.07) is 14.1. The number of alkyl halides is 1. The molecule has 1 aromatic heterocycles. The van der Waals surface area contributed by atoms with Crippen LogP contribution < -0.4 is 0 Å². The summed E-state index contributed by atoms with van der Waals surface area (Å²) in [4.78, 5) is 1.20. The predicted molar refractivity (Wildman–Crippen MR) is 89.1 cm³/mol. The van der Waals surface area contributed by atoms with Crippen molar-refractivity contribution in [3.63, 3.8) is 0 Å². The van der Waals surface area contributed by atoms with Crippen LogP contribution in [0, 0.1) is 0 Å². The molecular formula is C15H9BrCl2S. The van der Waals surface area contributed by atoms with Crippen LogP contribution in [0.2, 0.25) is 10.0 Å². The minimum atomic E-state index is 0.0853. The Kier molecular flexibility index (Phi) is 3.86. The Balaban J connectivity index is 2.21. The zero-order valence-electron chi connectivity index (χ0n) is 9.74. The molecular weight excluding hydrogens is 363 g/mol. The topological polar surface area (TPSA) is 0 Å². The Morgan fingerprint density at radius 2 is 1.63 bits per heavy atom. The first-order chi connectivity index (χ1) is 9.18. The van der Waals surface area contributed by atoms with Crippen LogP contribution in [-0.4, -0.2) is 0 Å². The summed E-state index contributed by atoms with van der Waals surface area (Å²) in [5.74, 6) is 0. The maximum atomic E-state index is 6.25. The molecule has 0 radical (unpaired) electrons. The zero-order chi connectivity index (χ0) is 13.4. The molecule has 0 N–H and O–H groups in total. The van der Waals surface area contributed by atoms with Crippen molar-refractivity contribution in [2.45, 2.75) is 4.83 Å². The molecule has 1 heterocycles. The monoisotopic (exact) mass is 370 g/mol. The molecule has 0 amide bonds. The number of benzene rings is 2. The molecule has 3 aromatic rings. The van der Waals surface area contributed by atoms with Gasteiger partial charge in [0.1, 0.15) is 0 Å². The first-order valence-electron chi connectivity index (χ1n) is 5.72. The summed E-state index contributed by atoms with van der Waals surface area (Å²) in [5, 5.41) is 5.80. The van der Waals surface area contributed by atoms with E-state index in [4.69, 9.17) is 23.2 Å². The SMILES string of the molecule is Clc1ccsc1C(Br)c1ccc(Cl)c2ccccc12. The van der Waals surface area contributed by atoms with E-state index in [-0.39, 0.29) is 4.83 Å². The molecule has 0 bridgehead atoms. The van der Waals surface area contributed by atoms with E-state index in [0.717, 1.165) is 25.7 Å². The van der Waals surface area contributed by atoms with Crippen molar-refractivity contribution in [1.82, 2.24) is 0 Å². The van der Waals surface area contributed by atoms with Crippen molar-refractivity contribution in [3.8, 4) is 0 Å². The smallest absolute Gasteiger partial charge is 0.0759 e. The fourth-order valence-electron chi connectivity index (χ4n) is 2.13. The highest BCUT2D eigenvalue weighted by Crippen LogP contribution is 2.42. The maximum Gasteiger partial charge on any atom is 0.0759 e. The van der Waals surface area contributed by atoms with Gasteiger partial charge >= 0.3 is 0 Å². The van der Waals surface area contributed by atoms with Crippen LogP contribution in [0.15, 0.2) is 47.8 Å². The van der Waals surface area contributed by atoms with Crippen LogP contribution in [0.1, 0.15) is 15.3 Å². The van der Waals surface area contributed by atoms with E-state index < -0.39 is 0 Å². The molecule has 4 heteroatoms. The second kappa shape index (κ2) is 5.45. The molecule has 0 nitrogen and oxygen atoms in total. The van der Waals surface area contributed by atoms with Gasteiger partial charge < -0.3 is 0 Å². The van der Waals surface area contributed by atoms with Gasteiger partial charge in [-0.1, -0.05) is 69.5 Å². The van der Waals surface area contributed by atoms with Crippen LogP contribution in [0.5, 0.6) is 0 Å². The Morgan fingerprint density at radius 3 is 2.32 bits per heavy atom. The van der Waals surface area contributed by atoms with Gasteiger partial charge in [-0.05, 0) is 28.5 Å². The summed E-state index contributed by atoms with van der Waals surface area (Å²) in [5.41, 5.74) is 1.18. The number of halogens is 3.